The van der Waals surface area contributed by atoms with Crippen molar-refractivity contribution >= 4 is 33.7 Å². The number of nitrogens with zero attached hydrogens (tertiary/aromatic N) is 3. The minimum Gasteiger partial charge on any atom is -0.479 e. The van der Waals surface area contributed by atoms with E-state index in [0.717, 1.165) is 48.4 Å². The van der Waals surface area contributed by atoms with Gasteiger partial charge in [0.15, 0.2) is 5.90 Å². The lowest BCUT2D eigenvalue weighted by atomic mass is 10.1. The Bertz CT molecular complexity index is 2270. The summed E-state index contributed by atoms with van der Waals surface area (Å²) in [5.74, 6) is 0.756. The van der Waals surface area contributed by atoms with Crippen molar-refractivity contribution in [2.45, 2.75) is 57.2 Å². The molecule has 3 heterocycles. The molecule has 8 nitrogen and oxygen atoms in total. The van der Waals surface area contributed by atoms with Crippen molar-refractivity contribution in [3.8, 4) is 0 Å². The molecule has 0 aliphatic carbocycles. The molecule has 1 aliphatic heterocycles. The molecule has 0 bridgehead atoms. The average Bonchev–Trinajstić information content (AvgIpc) is 3.94. The number of carbonyl (C=O) groups excluding carboxylic acids is 1. The number of para-hydroxylation sites is 2. The molecule has 0 spiro atoms. The Balaban J connectivity index is 0.000000149. The van der Waals surface area contributed by atoms with E-state index in [1.165, 1.54) is 32.9 Å². The van der Waals surface area contributed by atoms with Crippen LogP contribution < -0.4 is 5.73 Å². The van der Waals surface area contributed by atoms with E-state index in [2.05, 4.69) is 89.1 Å². The van der Waals surface area contributed by atoms with Gasteiger partial charge < -0.3 is 29.4 Å². The molecule has 1 aliphatic rings. The fourth-order valence-corrected chi connectivity index (χ4v) is 7.03. The van der Waals surface area contributed by atoms with Crippen LogP contribution in [0.3, 0.4) is 0 Å². The van der Waals surface area contributed by atoms with Gasteiger partial charge in [-0.1, -0.05) is 127 Å². The summed E-state index contributed by atoms with van der Waals surface area (Å²) < 4.78 is 15.4. The summed E-state index contributed by atoms with van der Waals surface area (Å²) in [6.07, 6.45) is 6.90. The van der Waals surface area contributed by atoms with Gasteiger partial charge in [0.05, 0.1) is 12.6 Å². The molecular formula is C49H54N4O4. The first-order valence-electron chi connectivity index (χ1n) is 19.8. The maximum absolute atomic E-state index is 11.6. The first kappa shape index (κ1) is 40.7. The van der Waals surface area contributed by atoms with Gasteiger partial charge in [-0.3, -0.25) is 4.79 Å². The van der Waals surface area contributed by atoms with Crippen LogP contribution in [0.2, 0.25) is 0 Å². The van der Waals surface area contributed by atoms with Gasteiger partial charge in [-0.2, -0.15) is 0 Å². The Kier molecular flexibility index (Phi) is 14.9. The molecule has 7 aromatic rings. The largest absolute Gasteiger partial charge is 0.479 e. The lowest BCUT2D eigenvalue weighted by molar-refractivity contribution is -0.144. The van der Waals surface area contributed by atoms with Gasteiger partial charge in [-0.15, -0.1) is 0 Å². The maximum Gasteiger partial charge on any atom is 0.306 e. The molecule has 2 aromatic heterocycles. The first-order chi connectivity index (χ1) is 27.9. The lowest BCUT2D eigenvalue weighted by Crippen LogP contribution is -2.27. The summed E-state index contributed by atoms with van der Waals surface area (Å²) in [6.45, 7) is 1.09. The van der Waals surface area contributed by atoms with E-state index in [4.69, 9.17) is 25.3 Å². The summed E-state index contributed by atoms with van der Waals surface area (Å²) in [5, 5.41) is 11.5. The van der Waals surface area contributed by atoms with Crippen LogP contribution in [-0.4, -0.2) is 51.4 Å². The summed E-state index contributed by atoms with van der Waals surface area (Å²) in [6, 6.07) is 49.2. The molecular weight excluding hydrogens is 709 g/mol. The number of ether oxygens (including phenoxy) is 2. The summed E-state index contributed by atoms with van der Waals surface area (Å²) >= 11 is 0. The number of carbonyl (C=O) groups is 1. The monoisotopic (exact) mass is 762 g/mol. The molecule has 8 rings (SSSR count). The Morgan fingerprint density at radius 2 is 1.39 bits per heavy atom. The van der Waals surface area contributed by atoms with Crippen molar-refractivity contribution in [1.29, 1.82) is 0 Å². The molecule has 5 aromatic carbocycles. The third-order valence-electron chi connectivity index (χ3n) is 10.1. The fourth-order valence-electron chi connectivity index (χ4n) is 7.03. The maximum atomic E-state index is 11.6. The van der Waals surface area contributed by atoms with Gasteiger partial charge in [0.25, 0.3) is 0 Å². The number of fused-ring (bicyclic) bond motifs is 2. The molecule has 0 amide bonds. The van der Waals surface area contributed by atoms with Crippen LogP contribution in [0.15, 0.2) is 157 Å². The first-order valence-corrected chi connectivity index (χ1v) is 19.8. The number of nitrogens with two attached hydrogens (primary N) is 1. The van der Waals surface area contributed by atoms with Crippen molar-refractivity contribution in [2.75, 3.05) is 13.2 Å². The summed E-state index contributed by atoms with van der Waals surface area (Å²) in [7, 11) is 4.13. The minimum absolute atomic E-state index is 0.0293. The second kappa shape index (κ2) is 20.8. The van der Waals surface area contributed by atoms with Gasteiger partial charge in [-0.05, 0) is 58.7 Å². The fraction of sp³-hybridized carbons (Fsp3) is 0.265. The van der Waals surface area contributed by atoms with E-state index in [1.807, 2.05) is 85.9 Å². The quantitative estimate of drug-likeness (QED) is 0.115. The molecule has 294 valence electrons. The van der Waals surface area contributed by atoms with Crippen molar-refractivity contribution in [3.63, 3.8) is 0 Å². The zero-order valence-electron chi connectivity index (χ0n) is 33.0. The second-order valence-corrected chi connectivity index (χ2v) is 14.5. The van der Waals surface area contributed by atoms with E-state index < -0.39 is 0 Å². The zero-order chi connectivity index (χ0) is 39.8. The molecule has 0 saturated heterocycles. The van der Waals surface area contributed by atoms with Gasteiger partial charge in [-0.25, -0.2) is 4.99 Å². The molecule has 8 heteroatoms. The molecule has 0 unspecified atom stereocenters. The molecule has 57 heavy (non-hydrogen) atoms. The normalized spacial score (nSPS) is 13.8. The van der Waals surface area contributed by atoms with Gasteiger partial charge in [0.2, 0.25) is 0 Å². The third kappa shape index (κ3) is 12.0. The standard InChI is InChI=1S/C21H22N2O.C16H16O2.C12H16N2O/c1-23-14-17(19-9-5-6-10-20(19)23)13-18-15-24-21(22-18)12-11-16-7-3-2-4-8-16;17-16(12-11-14-7-3-1-4-8-14)18-13-15-9-5-2-6-10-15;1-14-11(7-10(13)8-15)6-9-4-2-3-5-12(9)14/h2-10,14,18H,11-13,15H2,1H3;1-10H,11-13H2;2-6,10,15H,7-8,13H2,1H3/t18-;;10-/m0.0/s1. The predicted molar refractivity (Wildman–Crippen MR) is 231 cm³/mol. The molecule has 3 N–H and O–H groups in total. The summed E-state index contributed by atoms with van der Waals surface area (Å²) in [4.78, 5) is 16.4. The SMILES string of the molecule is Cn1c(C[C@H](N)CO)cc2ccccc21.Cn1cc(C[C@H]2COC(CCc3ccccc3)=N2)c2ccccc21.O=C(CCc1ccccc1)OCc1ccccc1. The van der Waals surface area contributed by atoms with Crippen LogP contribution in [0, 0.1) is 0 Å². The molecule has 0 radical (unpaired) electrons. The average molecular weight is 763 g/mol. The predicted octanol–water partition coefficient (Wildman–Crippen LogP) is 8.55. The van der Waals surface area contributed by atoms with Crippen molar-refractivity contribution in [1.82, 2.24) is 9.13 Å². The highest BCUT2D eigenvalue weighted by Crippen LogP contribution is 2.24. The van der Waals surface area contributed by atoms with Gasteiger partial charge >= 0.3 is 5.97 Å². The lowest BCUT2D eigenvalue weighted by Gasteiger charge is -2.08. The van der Waals surface area contributed by atoms with Crippen LogP contribution in [-0.2, 0) is 60.7 Å². The topological polar surface area (TPSA) is 104 Å². The Labute approximate surface area is 336 Å². The Morgan fingerprint density at radius 3 is 2.05 bits per heavy atom. The van der Waals surface area contributed by atoms with Crippen LogP contribution in [0.25, 0.3) is 21.8 Å². The zero-order valence-corrected chi connectivity index (χ0v) is 33.0. The number of rotatable bonds is 13. The van der Waals surface area contributed by atoms with Gasteiger partial charge in [0, 0.05) is 74.1 Å². The number of aromatic nitrogens is 2. The van der Waals surface area contributed by atoms with E-state index in [1.54, 1.807) is 0 Å². The molecule has 0 saturated carbocycles. The van der Waals surface area contributed by atoms with Gasteiger partial charge in [0.1, 0.15) is 13.2 Å². The van der Waals surface area contributed by atoms with Crippen LogP contribution in [0.5, 0.6) is 0 Å². The van der Waals surface area contributed by atoms with Crippen molar-refractivity contribution < 1.29 is 19.4 Å². The highest BCUT2D eigenvalue weighted by atomic mass is 16.5. The van der Waals surface area contributed by atoms with Crippen LogP contribution in [0.4, 0.5) is 0 Å². The van der Waals surface area contributed by atoms with Crippen LogP contribution >= 0.6 is 0 Å². The number of aryl methyl sites for hydroxylation is 4. The Morgan fingerprint density at radius 1 is 0.789 bits per heavy atom. The highest BCUT2D eigenvalue weighted by Gasteiger charge is 2.21. The highest BCUT2D eigenvalue weighted by molar-refractivity contribution is 5.84. The molecule has 2 atom stereocenters. The number of hydrogen-bond donors (Lipinski definition) is 2. The van der Waals surface area contributed by atoms with E-state index >= 15 is 0 Å². The van der Waals surface area contributed by atoms with Crippen molar-refractivity contribution in [2.24, 2.45) is 24.8 Å². The molecule has 0 fully saturated rings. The number of benzene rings is 5. The smallest absolute Gasteiger partial charge is 0.306 e. The Hall–Kier alpha value is -5.96. The van der Waals surface area contributed by atoms with E-state index in [9.17, 15) is 4.79 Å². The van der Waals surface area contributed by atoms with E-state index in [0.29, 0.717) is 26.1 Å². The number of hydrogen-bond acceptors (Lipinski definition) is 6. The third-order valence-corrected chi connectivity index (χ3v) is 10.1. The number of aliphatic imine (C=N–C) groups is 1. The van der Waals surface area contributed by atoms with Crippen molar-refractivity contribution in [3.05, 3.63) is 180 Å². The minimum atomic E-state index is -0.173. The van der Waals surface area contributed by atoms with Crippen LogP contribution in [0.1, 0.15) is 40.8 Å². The number of aliphatic hydroxyl groups excluding tert-OH is 1. The number of aliphatic hydroxyl groups is 1. The number of esters is 1. The summed E-state index contributed by atoms with van der Waals surface area (Å²) in [5.41, 5.74) is 14.3. The second-order valence-electron chi connectivity index (χ2n) is 14.5. The van der Waals surface area contributed by atoms with E-state index in [-0.39, 0.29) is 24.7 Å².